The molecule has 1 atom stereocenters. The van der Waals surface area contributed by atoms with Crippen LogP contribution in [0.25, 0.3) is 17.4 Å². The van der Waals surface area contributed by atoms with Gasteiger partial charge < -0.3 is 9.32 Å². The maximum atomic E-state index is 13.9. The van der Waals surface area contributed by atoms with Crippen LogP contribution in [0.1, 0.15) is 55.4 Å². The van der Waals surface area contributed by atoms with Crippen LogP contribution in [-0.2, 0) is 4.79 Å². The molecule has 1 aliphatic rings. The molecule has 40 heavy (non-hydrogen) atoms. The van der Waals surface area contributed by atoms with E-state index in [0.717, 1.165) is 11.1 Å². The van der Waals surface area contributed by atoms with Crippen LogP contribution in [0.4, 0.5) is 0 Å². The van der Waals surface area contributed by atoms with Gasteiger partial charge >= 0.3 is 0 Å². The van der Waals surface area contributed by atoms with Crippen molar-refractivity contribution in [1.29, 1.82) is 0 Å². The zero-order valence-electron chi connectivity index (χ0n) is 22.6. The monoisotopic (exact) mass is 573 g/mol. The summed E-state index contributed by atoms with van der Waals surface area (Å²) in [5.41, 5.74) is 3.02. The van der Waals surface area contributed by atoms with Crippen molar-refractivity contribution in [3.8, 4) is 11.3 Å². The van der Waals surface area contributed by atoms with E-state index in [2.05, 4.69) is 0 Å². The zero-order chi connectivity index (χ0) is 28.6. The van der Waals surface area contributed by atoms with E-state index in [0.29, 0.717) is 55.8 Å². The number of thiazole rings is 1. The van der Waals surface area contributed by atoms with Gasteiger partial charge in [0.2, 0.25) is 0 Å². The number of carbonyl (C=O) groups is 2. The number of furan rings is 1. The Morgan fingerprint density at radius 2 is 1.73 bits per heavy atom. The number of aromatic nitrogens is 1. The molecule has 7 nitrogen and oxygen atoms in total. The van der Waals surface area contributed by atoms with Crippen LogP contribution in [0.3, 0.4) is 0 Å². The van der Waals surface area contributed by atoms with E-state index in [-0.39, 0.29) is 17.2 Å². The summed E-state index contributed by atoms with van der Waals surface area (Å²) in [5, 5.41) is 0.568. The normalized spacial score (nSPS) is 15.1. The Morgan fingerprint density at radius 1 is 1.05 bits per heavy atom. The first-order valence-corrected chi connectivity index (χ1v) is 14.2. The fourth-order valence-electron chi connectivity index (χ4n) is 4.82. The molecule has 1 unspecified atom stereocenters. The van der Waals surface area contributed by atoms with E-state index in [1.165, 1.54) is 18.3 Å². The van der Waals surface area contributed by atoms with Crippen LogP contribution >= 0.6 is 22.9 Å². The Bertz CT molecular complexity index is 1810. The number of halogens is 1. The number of fused-ring (bicyclic) bond motifs is 1. The quantitative estimate of drug-likeness (QED) is 0.284. The molecule has 1 amide bonds. The summed E-state index contributed by atoms with van der Waals surface area (Å²) in [7, 11) is 0. The third kappa shape index (κ3) is 5.12. The molecule has 0 radical (unpaired) electrons. The molecule has 0 spiro atoms. The van der Waals surface area contributed by atoms with E-state index >= 15 is 0 Å². The molecule has 9 heteroatoms. The van der Waals surface area contributed by atoms with Gasteiger partial charge in [-0.25, -0.2) is 4.99 Å². The van der Waals surface area contributed by atoms with Crippen LogP contribution in [0, 0.1) is 0 Å². The van der Waals surface area contributed by atoms with Gasteiger partial charge in [0.25, 0.3) is 11.5 Å². The molecule has 2 aromatic heterocycles. The highest BCUT2D eigenvalue weighted by molar-refractivity contribution is 7.07. The molecule has 0 saturated carbocycles. The van der Waals surface area contributed by atoms with Crippen molar-refractivity contribution in [2.75, 3.05) is 13.1 Å². The Labute approximate surface area is 240 Å². The standard InChI is InChI=1S/C31H28ClN3O4S/c1-5-34(6-2)30(38)27-18(3)33-31-35(28(27)22-11-13-23(32)14-12-22)29(37)26(40-31)17-24-15-16-25(39-24)21-9-7-20(8-10-21)19(4)36/h7-17,28H,5-6H2,1-4H3/b26-17-. The van der Waals surface area contributed by atoms with Gasteiger partial charge in [-0.3, -0.25) is 19.0 Å². The molecule has 0 fully saturated rings. The Kier molecular flexibility index (Phi) is 7.74. The minimum Gasteiger partial charge on any atom is -0.457 e. The van der Waals surface area contributed by atoms with E-state index in [4.69, 9.17) is 21.0 Å². The first-order chi connectivity index (χ1) is 19.2. The highest BCUT2D eigenvalue weighted by atomic mass is 35.5. The summed E-state index contributed by atoms with van der Waals surface area (Å²) in [6, 6.07) is 17.4. The van der Waals surface area contributed by atoms with Crippen LogP contribution in [0.2, 0.25) is 5.02 Å². The predicted molar refractivity (Wildman–Crippen MR) is 157 cm³/mol. The maximum Gasteiger partial charge on any atom is 0.271 e. The highest BCUT2D eigenvalue weighted by Gasteiger charge is 2.34. The van der Waals surface area contributed by atoms with Crippen molar-refractivity contribution in [3.63, 3.8) is 0 Å². The fraction of sp³-hybridized carbons (Fsp3) is 0.226. The van der Waals surface area contributed by atoms with Crippen LogP contribution in [0.5, 0.6) is 0 Å². The molecule has 0 N–H and O–H groups in total. The second-order valence-corrected chi connectivity index (χ2v) is 10.9. The van der Waals surface area contributed by atoms with Gasteiger partial charge in [0.15, 0.2) is 10.6 Å². The average Bonchev–Trinajstić information content (AvgIpc) is 3.53. The summed E-state index contributed by atoms with van der Waals surface area (Å²) in [4.78, 5) is 46.1. The van der Waals surface area contributed by atoms with Crippen LogP contribution in [-0.4, -0.2) is 34.2 Å². The number of carbonyl (C=O) groups excluding carboxylic acids is 2. The summed E-state index contributed by atoms with van der Waals surface area (Å²) < 4.78 is 8.06. The maximum absolute atomic E-state index is 13.9. The third-order valence-corrected chi connectivity index (χ3v) is 8.20. The van der Waals surface area contributed by atoms with Gasteiger partial charge in [-0.15, -0.1) is 0 Å². The number of likely N-dealkylation sites (N-methyl/N-ethyl adjacent to an activating group) is 1. The zero-order valence-corrected chi connectivity index (χ0v) is 24.2. The summed E-state index contributed by atoms with van der Waals surface area (Å²) in [6.07, 6.45) is 1.70. The minimum absolute atomic E-state index is 0.00356. The highest BCUT2D eigenvalue weighted by Crippen LogP contribution is 2.32. The van der Waals surface area contributed by atoms with Crippen molar-refractivity contribution in [1.82, 2.24) is 9.47 Å². The number of amides is 1. The van der Waals surface area contributed by atoms with Gasteiger partial charge in [-0.05, 0) is 57.5 Å². The van der Waals surface area contributed by atoms with Crippen molar-refractivity contribution in [3.05, 3.63) is 114 Å². The van der Waals surface area contributed by atoms with Crippen molar-refractivity contribution in [2.45, 2.75) is 33.7 Å². The smallest absolute Gasteiger partial charge is 0.271 e. The second kappa shape index (κ2) is 11.2. The molecular formula is C31H28ClN3O4S. The number of benzene rings is 2. The number of Topliss-reactive ketones (excluding diaryl/α,β-unsaturated/α-hetero) is 1. The molecule has 0 aliphatic carbocycles. The van der Waals surface area contributed by atoms with Crippen molar-refractivity contribution < 1.29 is 14.0 Å². The largest absolute Gasteiger partial charge is 0.457 e. The topological polar surface area (TPSA) is 84.9 Å². The SMILES string of the molecule is CCN(CC)C(=O)C1=C(C)N=c2s/c(=C\c3ccc(-c4ccc(C(C)=O)cc4)o3)c(=O)n2C1c1ccc(Cl)cc1. The van der Waals surface area contributed by atoms with Crippen LogP contribution in [0.15, 0.2) is 86.1 Å². The Hall–Kier alpha value is -4.01. The number of nitrogens with zero attached hydrogens (tertiary/aromatic N) is 3. The van der Waals surface area contributed by atoms with Gasteiger partial charge in [0.1, 0.15) is 11.5 Å². The third-order valence-electron chi connectivity index (χ3n) is 6.96. The van der Waals surface area contributed by atoms with Crippen molar-refractivity contribution >= 4 is 40.7 Å². The number of hydrogen-bond donors (Lipinski definition) is 0. The molecular weight excluding hydrogens is 546 g/mol. The van der Waals surface area contributed by atoms with Gasteiger partial charge in [-0.2, -0.15) is 0 Å². The molecule has 3 heterocycles. The summed E-state index contributed by atoms with van der Waals surface area (Å²) in [5.74, 6) is 0.980. The van der Waals surface area contributed by atoms with E-state index < -0.39 is 6.04 Å². The molecule has 204 valence electrons. The van der Waals surface area contributed by atoms with Crippen LogP contribution < -0.4 is 14.9 Å². The molecule has 0 saturated heterocycles. The molecule has 2 aromatic carbocycles. The number of allylic oxidation sites excluding steroid dienone is 1. The number of hydrogen-bond acceptors (Lipinski definition) is 6. The van der Waals surface area contributed by atoms with Crippen molar-refractivity contribution in [2.24, 2.45) is 4.99 Å². The number of ketones is 1. The van der Waals surface area contributed by atoms with E-state index in [1.807, 2.05) is 51.1 Å². The summed E-state index contributed by atoms with van der Waals surface area (Å²) >= 11 is 7.42. The predicted octanol–water partition coefficient (Wildman–Crippen LogP) is 5.22. The van der Waals surface area contributed by atoms with E-state index in [9.17, 15) is 14.4 Å². The van der Waals surface area contributed by atoms with Gasteiger partial charge in [0.05, 0.1) is 21.8 Å². The Morgan fingerprint density at radius 3 is 2.35 bits per heavy atom. The van der Waals surface area contributed by atoms with Gasteiger partial charge in [0, 0.05) is 35.3 Å². The number of rotatable bonds is 7. The minimum atomic E-state index is -0.643. The first-order valence-electron chi connectivity index (χ1n) is 13.0. The lowest BCUT2D eigenvalue weighted by atomic mass is 9.94. The van der Waals surface area contributed by atoms with E-state index in [1.54, 1.807) is 45.9 Å². The van der Waals surface area contributed by atoms with Gasteiger partial charge in [-0.1, -0.05) is 59.3 Å². The molecule has 4 aromatic rings. The summed E-state index contributed by atoms with van der Waals surface area (Å²) in [6.45, 7) is 8.28. The average molecular weight is 574 g/mol. The molecule has 0 bridgehead atoms. The lowest BCUT2D eigenvalue weighted by Crippen LogP contribution is -2.43. The first kappa shape index (κ1) is 27.6. The second-order valence-electron chi connectivity index (χ2n) is 9.45. The fourth-order valence-corrected chi connectivity index (χ4v) is 5.97. The molecule has 5 rings (SSSR count). The Balaban J connectivity index is 1.60. The molecule has 1 aliphatic heterocycles. The lowest BCUT2D eigenvalue weighted by molar-refractivity contribution is -0.127. The lowest BCUT2D eigenvalue weighted by Gasteiger charge is -2.29.